The molecule has 0 radical (unpaired) electrons. The lowest BCUT2D eigenvalue weighted by Crippen LogP contribution is -2.23. The van der Waals surface area contributed by atoms with Crippen LogP contribution in [0.3, 0.4) is 0 Å². The number of nitrogens with one attached hydrogen (secondary N) is 1. The minimum absolute atomic E-state index is 0.245. The number of aryl methyl sites for hydroxylation is 1. The predicted molar refractivity (Wildman–Crippen MR) is 86.0 cm³/mol. The van der Waals surface area contributed by atoms with Gasteiger partial charge in [0.1, 0.15) is 17.7 Å². The number of hydrogen-bond acceptors (Lipinski definition) is 3. The maximum absolute atomic E-state index is 12.7. The Hall–Kier alpha value is -3.35. The normalized spacial score (nSPS) is 11.0. The first-order valence-corrected chi connectivity index (χ1v) is 7.13. The van der Waals surface area contributed by atoms with Gasteiger partial charge in [0.2, 0.25) is 0 Å². The van der Waals surface area contributed by atoms with E-state index in [1.807, 2.05) is 53.4 Å². The van der Waals surface area contributed by atoms with Crippen LogP contribution in [0.2, 0.25) is 0 Å². The van der Waals surface area contributed by atoms with Gasteiger partial charge in [-0.25, -0.2) is 9.66 Å². The van der Waals surface area contributed by atoms with Crippen LogP contribution in [0.4, 0.5) is 0 Å². The number of imidazole rings is 1. The molecule has 0 spiro atoms. The van der Waals surface area contributed by atoms with E-state index in [1.54, 1.807) is 28.9 Å². The molecule has 0 fully saturated rings. The third kappa shape index (κ3) is 2.18. The summed E-state index contributed by atoms with van der Waals surface area (Å²) in [6.45, 7) is 0. The fraction of sp³-hybridized carbons (Fsp3) is 0.0625. The summed E-state index contributed by atoms with van der Waals surface area (Å²) in [4.78, 5) is 16.9. The van der Waals surface area contributed by atoms with E-state index in [0.717, 1.165) is 11.0 Å². The van der Waals surface area contributed by atoms with Crippen LogP contribution in [0.15, 0.2) is 61.3 Å². The molecule has 0 aliphatic heterocycles. The summed E-state index contributed by atoms with van der Waals surface area (Å²) >= 11 is 0. The predicted octanol–water partition coefficient (Wildman–Crippen LogP) is 1.94. The minimum atomic E-state index is -0.245. The molecule has 1 N–H and O–H groups in total. The van der Waals surface area contributed by atoms with Gasteiger partial charge >= 0.3 is 0 Å². The number of aromatic nitrogens is 5. The molecule has 4 aromatic rings. The van der Waals surface area contributed by atoms with E-state index in [9.17, 15) is 4.79 Å². The summed E-state index contributed by atoms with van der Waals surface area (Å²) in [5, 5.41) is 4.20. The molecule has 114 valence electrons. The van der Waals surface area contributed by atoms with Crippen LogP contribution < -0.4 is 5.43 Å². The van der Waals surface area contributed by atoms with Crippen LogP contribution in [-0.2, 0) is 7.05 Å². The smallest absolute Gasteiger partial charge is 0.275 e. The number of fused-ring (bicyclic) bond motifs is 1. The van der Waals surface area contributed by atoms with Crippen molar-refractivity contribution in [1.29, 1.82) is 0 Å². The zero-order chi connectivity index (χ0) is 15.8. The largest absolute Gasteiger partial charge is 0.308 e. The van der Waals surface area contributed by atoms with Crippen LogP contribution in [-0.4, -0.2) is 29.9 Å². The minimum Gasteiger partial charge on any atom is -0.308 e. The highest BCUT2D eigenvalue weighted by Crippen LogP contribution is 2.15. The third-order valence-electron chi connectivity index (χ3n) is 3.68. The van der Waals surface area contributed by atoms with Gasteiger partial charge in [-0.1, -0.05) is 12.1 Å². The number of hydrogen-bond donors (Lipinski definition) is 1. The average Bonchev–Trinajstić information content (AvgIpc) is 3.27. The lowest BCUT2D eigenvalue weighted by molar-refractivity contribution is 0.101. The number of benzene rings is 1. The van der Waals surface area contributed by atoms with Crippen molar-refractivity contribution >= 4 is 16.9 Å². The Balaban J connectivity index is 1.71. The average molecular weight is 306 g/mol. The number of para-hydroxylation sites is 2. The maximum atomic E-state index is 12.7. The number of rotatable bonds is 3. The van der Waals surface area contributed by atoms with Crippen LogP contribution in [0.25, 0.3) is 16.9 Å². The molecule has 7 heteroatoms. The SMILES string of the molecule is Cn1ncc(C(=O)Nn2cnc3ccccc32)c1-n1cccc1. The van der Waals surface area contributed by atoms with Crippen molar-refractivity contribution in [2.24, 2.45) is 7.05 Å². The van der Waals surface area contributed by atoms with Crippen molar-refractivity contribution in [3.63, 3.8) is 0 Å². The Bertz CT molecular complexity index is 979. The molecule has 23 heavy (non-hydrogen) atoms. The second-order valence-electron chi connectivity index (χ2n) is 5.14. The molecule has 0 unspecified atom stereocenters. The van der Waals surface area contributed by atoms with E-state index >= 15 is 0 Å². The third-order valence-corrected chi connectivity index (χ3v) is 3.68. The van der Waals surface area contributed by atoms with Gasteiger partial charge in [-0.2, -0.15) is 5.10 Å². The van der Waals surface area contributed by atoms with Crippen molar-refractivity contribution in [3.8, 4) is 5.82 Å². The lowest BCUT2D eigenvalue weighted by Gasteiger charge is -2.09. The summed E-state index contributed by atoms with van der Waals surface area (Å²) in [5.74, 6) is 0.460. The number of amides is 1. The van der Waals surface area contributed by atoms with Crippen molar-refractivity contribution in [2.45, 2.75) is 0 Å². The molecule has 0 aliphatic rings. The molecule has 1 amide bonds. The van der Waals surface area contributed by atoms with E-state index in [-0.39, 0.29) is 5.91 Å². The zero-order valence-corrected chi connectivity index (χ0v) is 12.4. The van der Waals surface area contributed by atoms with Gasteiger partial charge in [0, 0.05) is 19.4 Å². The highest BCUT2D eigenvalue weighted by atomic mass is 16.2. The first kappa shape index (κ1) is 13.3. The van der Waals surface area contributed by atoms with Crippen molar-refractivity contribution in [3.05, 3.63) is 66.9 Å². The molecule has 0 aliphatic carbocycles. The lowest BCUT2D eigenvalue weighted by atomic mass is 10.3. The van der Waals surface area contributed by atoms with E-state index in [0.29, 0.717) is 11.4 Å². The molecule has 0 atom stereocenters. The van der Waals surface area contributed by atoms with E-state index in [4.69, 9.17) is 0 Å². The summed E-state index contributed by atoms with van der Waals surface area (Å²) < 4.78 is 5.14. The fourth-order valence-corrected chi connectivity index (χ4v) is 2.59. The second-order valence-corrected chi connectivity index (χ2v) is 5.14. The first-order chi connectivity index (χ1) is 11.2. The fourth-order valence-electron chi connectivity index (χ4n) is 2.59. The van der Waals surface area contributed by atoms with E-state index in [1.165, 1.54) is 0 Å². The van der Waals surface area contributed by atoms with Crippen LogP contribution >= 0.6 is 0 Å². The monoisotopic (exact) mass is 306 g/mol. The zero-order valence-electron chi connectivity index (χ0n) is 12.4. The molecule has 0 saturated heterocycles. The van der Waals surface area contributed by atoms with Crippen LogP contribution in [0.5, 0.6) is 0 Å². The summed E-state index contributed by atoms with van der Waals surface area (Å²) in [6, 6.07) is 11.4. The molecular formula is C16H14N6O. The summed E-state index contributed by atoms with van der Waals surface area (Å²) in [7, 11) is 1.80. The molecule has 0 bridgehead atoms. The van der Waals surface area contributed by atoms with Gasteiger partial charge in [0.05, 0.1) is 17.2 Å². The molecule has 3 heterocycles. The Labute approximate surface area is 131 Å². The quantitative estimate of drug-likeness (QED) is 0.629. The standard InChI is InChI=1S/C16H14N6O/c1-20-16(21-8-4-5-9-21)12(10-18-20)15(23)19-22-11-17-13-6-2-3-7-14(13)22/h2-11H,1H3,(H,19,23). The van der Waals surface area contributed by atoms with Crippen LogP contribution in [0, 0.1) is 0 Å². The molecular weight excluding hydrogens is 292 g/mol. The van der Waals surface area contributed by atoms with Gasteiger partial charge in [-0.3, -0.25) is 14.9 Å². The number of nitrogens with zero attached hydrogens (tertiary/aromatic N) is 5. The molecule has 0 saturated carbocycles. The first-order valence-electron chi connectivity index (χ1n) is 7.13. The van der Waals surface area contributed by atoms with Crippen molar-refractivity contribution < 1.29 is 4.79 Å². The second kappa shape index (κ2) is 5.13. The van der Waals surface area contributed by atoms with Gasteiger partial charge in [-0.15, -0.1) is 0 Å². The van der Waals surface area contributed by atoms with E-state index in [2.05, 4.69) is 15.5 Å². The summed E-state index contributed by atoms with van der Waals surface area (Å²) in [6.07, 6.45) is 6.90. The van der Waals surface area contributed by atoms with Gasteiger partial charge < -0.3 is 4.57 Å². The Kier molecular flexibility index (Phi) is 2.97. The molecule has 3 aromatic heterocycles. The summed E-state index contributed by atoms with van der Waals surface area (Å²) in [5.41, 5.74) is 5.00. The Morgan fingerprint density at radius 1 is 1.13 bits per heavy atom. The number of carbonyl (C=O) groups is 1. The molecule has 1 aromatic carbocycles. The molecule has 4 rings (SSSR count). The van der Waals surface area contributed by atoms with Gasteiger partial charge in [-0.05, 0) is 24.3 Å². The maximum Gasteiger partial charge on any atom is 0.275 e. The number of carbonyl (C=O) groups excluding carboxylic acids is 1. The molecule has 7 nitrogen and oxygen atoms in total. The highest BCUT2D eigenvalue weighted by Gasteiger charge is 2.18. The Morgan fingerprint density at radius 3 is 2.74 bits per heavy atom. The topological polar surface area (TPSA) is 69.7 Å². The van der Waals surface area contributed by atoms with Crippen LogP contribution in [0.1, 0.15) is 10.4 Å². The van der Waals surface area contributed by atoms with Gasteiger partial charge in [0.15, 0.2) is 0 Å². The van der Waals surface area contributed by atoms with E-state index < -0.39 is 0 Å². The Morgan fingerprint density at radius 2 is 1.91 bits per heavy atom. The van der Waals surface area contributed by atoms with Crippen molar-refractivity contribution in [1.82, 2.24) is 24.0 Å². The van der Waals surface area contributed by atoms with Gasteiger partial charge in [0.25, 0.3) is 5.91 Å². The van der Waals surface area contributed by atoms with Crippen molar-refractivity contribution in [2.75, 3.05) is 5.43 Å². The highest BCUT2D eigenvalue weighted by molar-refractivity contribution is 6.03.